The summed E-state index contributed by atoms with van der Waals surface area (Å²) in [5.41, 5.74) is -0.720. The molecule has 1 aliphatic carbocycles. The second-order valence-electron chi connectivity index (χ2n) is 5.93. The Bertz CT molecular complexity index is 544. The van der Waals surface area contributed by atoms with Crippen molar-refractivity contribution in [2.45, 2.75) is 19.3 Å². The van der Waals surface area contributed by atoms with E-state index in [1.165, 1.54) is 0 Å². The number of fused-ring (bicyclic) bond motifs is 1. The van der Waals surface area contributed by atoms with Crippen molar-refractivity contribution in [3.8, 4) is 5.75 Å². The SMILES string of the molecule is O=C(COc1ccccc1)N1C[C@@H]2CCC[C@@]2(C(=O)O)C1. The molecular weight excluding hydrogens is 270 g/mol. The molecule has 1 heterocycles. The van der Waals surface area contributed by atoms with Gasteiger partial charge in [0.25, 0.3) is 5.91 Å². The van der Waals surface area contributed by atoms with E-state index in [1.807, 2.05) is 18.2 Å². The van der Waals surface area contributed by atoms with E-state index in [9.17, 15) is 14.7 Å². The molecule has 0 radical (unpaired) electrons. The Morgan fingerprint density at radius 3 is 2.76 bits per heavy atom. The van der Waals surface area contributed by atoms with Gasteiger partial charge in [0.05, 0.1) is 5.41 Å². The molecule has 1 aromatic rings. The Morgan fingerprint density at radius 1 is 1.33 bits per heavy atom. The maximum Gasteiger partial charge on any atom is 0.311 e. The normalized spacial score (nSPS) is 27.4. The topological polar surface area (TPSA) is 66.8 Å². The van der Waals surface area contributed by atoms with Crippen molar-refractivity contribution in [2.24, 2.45) is 11.3 Å². The first kappa shape index (κ1) is 13.9. The van der Waals surface area contributed by atoms with E-state index in [0.29, 0.717) is 25.3 Å². The predicted molar refractivity (Wildman–Crippen MR) is 75.9 cm³/mol. The van der Waals surface area contributed by atoms with Gasteiger partial charge in [-0.15, -0.1) is 0 Å². The van der Waals surface area contributed by atoms with Crippen LogP contribution in [-0.4, -0.2) is 41.6 Å². The van der Waals surface area contributed by atoms with Crippen LogP contribution >= 0.6 is 0 Å². The predicted octanol–water partition coefficient (Wildman–Crippen LogP) is 1.78. The molecule has 2 atom stereocenters. The average Bonchev–Trinajstić information content (AvgIpc) is 3.03. The monoisotopic (exact) mass is 289 g/mol. The molecule has 21 heavy (non-hydrogen) atoms. The number of benzene rings is 1. The molecule has 1 amide bonds. The lowest BCUT2D eigenvalue weighted by atomic mass is 9.81. The zero-order valence-corrected chi connectivity index (χ0v) is 11.8. The Hall–Kier alpha value is -2.04. The van der Waals surface area contributed by atoms with Crippen molar-refractivity contribution in [1.82, 2.24) is 4.90 Å². The molecule has 0 spiro atoms. The van der Waals surface area contributed by atoms with Crippen LogP contribution < -0.4 is 4.74 Å². The van der Waals surface area contributed by atoms with Gasteiger partial charge in [0.15, 0.2) is 6.61 Å². The minimum Gasteiger partial charge on any atom is -0.484 e. The molecule has 1 saturated carbocycles. The Balaban J connectivity index is 1.61. The number of carboxylic acids is 1. The lowest BCUT2D eigenvalue weighted by molar-refractivity contribution is -0.149. The van der Waals surface area contributed by atoms with Crippen molar-refractivity contribution in [3.05, 3.63) is 30.3 Å². The fraction of sp³-hybridized carbons (Fsp3) is 0.500. The van der Waals surface area contributed by atoms with E-state index in [1.54, 1.807) is 17.0 Å². The summed E-state index contributed by atoms with van der Waals surface area (Å²) in [6, 6.07) is 9.17. The van der Waals surface area contributed by atoms with Crippen LogP contribution in [0.1, 0.15) is 19.3 Å². The summed E-state index contributed by atoms with van der Waals surface area (Å²) in [6.07, 6.45) is 2.52. The van der Waals surface area contributed by atoms with Crippen molar-refractivity contribution in [1.29, 1.82) is 0 Å². The van der Waals surface area contributed by atoms with Crippen LogP contribution in [0.25, 0.3) is 0 Å². The van der Waals surface area contributed by atoms with Crippen LogP contribution in [0.3, 0.4) is 0 Å². The summed E-state index contributed by atoms with van der Waals surface area (Å²) in [4.78, 5) is 25.5. The number of nitrogens with zero attached hydrogens (tertiary/aromatic N) is 1. The second kappa shape index (κ2) is 5.39. The highest BCUT2D eigenvalue weighted by Gasteiger charge is 2.55. The number of aliphatic carboxylic acids is 1. The first-order valence-electron chi connectivity index (χ1n) is 7.31. The highest BCUT2D eigenvalue weighted by Crippen LogP contribution is 2.48. The highest BCUT2D eigenvalue weighted by molar-refractivity contribution is 5.82. The van der Waals surface area contributed by atoms with Crippen molar-refractivity contribution >= 4 is 11.9 Å². The van der Waals surface area contributed by atoms with Gasteiger partial charge in [-0.1, -0.05) is 24.6 Å². The average molecular weight is 289 g/mol. The molecule has 3 rings (SSSR count). The second-order valence-corrected chi connectivity index (χ2v) is 5.93. The highest BCUT2D eigenvalue weighted by atomic mass is 16.5. The molecule has 112 valence electrons. The zero-order chi connectivity index (χ0) is 14.9. The van der Waals surface area contributed by atoms with E-state index in [4.69, 9.17) is 4.74 Å². The zero-order valence-electron chi connectivity index (χ0n) is 11.8. The van der Waals surface area contributed by atoms with Gasteiger partial charge >= 0.3 is 5.97 Å². The van der Waals surface area contributed by atoms with Crippen molar-refractivity contribution < 1.29 is 19.4 Å². The number of amides is 1. The molecule has 5 nitrogen and oxygen atoms in total. The van der Waals surface area contributed by atoms with E-state index in [0.717, 1.165) is 12.8 Å². The quantitative estimate of drug-likeness (QED) is 0.917. The molecule has 1 aromatic carbocycles. The van der Waals surface area contributed by atoms with Gasteiger partial charge in [0.1, 0.15) is 5.75 Å². The number of carbonyl (C=O) groups excluding carboxylic acids is 1. The van der Waals surface area contributed by atoms with Gasteiger partial charge in [0.2, 0.25) is 0 Å². The van der Waals surface area contributed by atoms with E-state index in [2.05, 4.69) is 0 Å². The standard InChI is InChI=1S/C16H19NO4/c18-14(10-21-13-6-2-1-3-7-13)17-9-12-5-4-8-16(12,11-17)15(19)20/h1-3,6-7,12H,4-5,8-11H2,(H,19,20)/t12-,16+/m0/s1. The fourth-order valence-corrected chi connectivity index (χ4v) is 3.58. The largest absolute Gasteiger partial charge is 0.484 e. The molecule has 2 fully saturated rings. The Morgan fingerprint density at radius 2 is 2.10 bits per heavy atom. The van der Waals surface area contributed by atoms with Crippen LogP contribution in [0.4, 0.5) is 0 Å². The maximum absolute atomic E-state index is 12.2. The summed E-state index contributed by atoms with van der Waals surface area (Å²) in [5, 5.41) is 9.51. The number of para-hydroxylation sites is 1. The fourth-order valence-electron chi connectivity index (χ4n) is 3.58. The molecule has 1 aliphatic heterocycles. The number of hydrogen-bond donors (Lipinski definition) is 1. The van der Waals surface area contributed by atoms with E-state index < -0.39 is 11.4 Å². The van der Waals surface area contributed by atoms with Gasteiger partial charge in [-0.25, -0.2) is 0 Å². The van der Waals surface area contributed by atoms with Crippen molar-refractivity contribution in [3.63, 3.8) is 0 Å². The number of carboxylic acid groups (broad SMARTS) is 1. The summed E-state index contributed by atoms with van der Waals surface area (Å²) in [7, 11) is 0. The summed E-state index contributed by atoms with van der Waals surface area (Å²) in [6.45, 7) is 0.833. The number of hydrogen-bond acceptors (Lipinski definition) is 3. The number of carbonyl (C=O) groups is 2. The summed E-state index contributed by atoms with van der Waals surface area (Å²) >= 11 is 0. The van der Waals surface area contributed by atoms with Crippen LogP contribution in [0.2, 0.25) is 0 Å². The van der Waals surface area contributed by atoms with Crippen LogP contribution in [-0.2, 0) is 9.59 Å². The minimum absolute atomic E-state index is 0.0353. The summed E-state index contributed by atoms with van der Waals surface area (Å²) in [5.74, 6) is -0.146. The van der Waals surface area contributed by atoms with Gasteiger partial charge in [-0.3, -0.25) is 9.59 Å². The number of rotatable bonds is 4. The number of ether oxygens (including phenoxy) is 1. The van der Waals surface area contributed by atoms with Crippen molar-refractivity contribution in [2.75, 3.05) is 19.7 Å². The molecule has 0 bridgehead atoms. The van der Waals surface area contributed by atoms with Crippen LogP contribution in [0.15, 0.2) is 30.3 Å². The van der Waals surface area contributed by atoms with Crippen LogP contribution in [0, 0.1) is 11.3 Å². The molecule has 0 unspecified atom stereocenters. The van der Waals surface area contributed by atoms with Gasteiger partial charge < -0.3 is 14.7 Å². The third-order valence-corrected chi connectivity index (χ3v) is 4.75. The summed E-state index contributed by atoms with van der Waals surface area (Å²) < 4.78 is 5.46. The minimum atomic E-state index is -0.760. The Kier molecular flexibility index (Phi) is 3.57. The van der Waals surface area contributed by atoms with E-state index >= 15 is 0 Å². The Labute approximate surface area is 123 Å². The smallest absolute Gasteiger partial charge is 0.311 e. The third-order valence-electron chi connectivity index (χ3n) is 4.75. The maximum atomic E-state index is 12.2. The first-order valence-corrected chi connectivity index (χ1v) is 7.31. The van der Waals surface area contributed by atoms with Gasteiger partial charge in [-0.2, -0.15) is 0 Å². The number of likely N-dealkylation sites (tertiary alicyclic amines) is 1. The molecule has 2 aliphatic rings. The van der Waals surface area contributed by atoms with Gasteiger partial charge in [-0.05, 0) is 30.9 Å². The molecule has 1 saturated heterocycles. The lowest BCUT2D eigenvalue weighted by Crippen LogP contribution is -2.38. The van der Waals surface area contributed by atoms with E-state index in [-0.39, 0.29) is 18.4 Å². The lowest BCUT2D eigenvalue weighted by Gasteiger charge is -2.23. The van der Waals surface area contributed by atoms with Gasteiger partial charge in [0, 0.05) is 13.1 Å². The molecule has 5 heteroatoms. The molecular formula is C16H19NO4. The first-order chi connectivity index (χ1) is 10.1. The third kappa shape index (κ3) is 2.48. The van der Waals surface area contributed by atoms with Crippen LogP contribution in [0.5, 0.6) is 5.75 Å². The molecule has 0 aromatic heterocycles. The molecule has 1 N–H and O–H groups in total.